The standard InChI is InChI=1S/C9H12ClNO3/c1-9(2,3)13-8(12)7-4-6(5-10)14-11-7/h4H,5H2,1-3H3. The minimum absolute atomic E-state index is 0.149. The van der Waals surface area contributed by atoms with Gasteiger partial charge >= 0.3 is 5.97 Å². The van der Waals surface area contributed by atoms with Gasteiger partial charge in [-0.1, -0.05) is 5.16 Å². The fourth-order valence-electron chi connectivity index (χ4n) is 0.803. The van der Waals surface area contributed by atoms with Crippen LogP contribution in [0.2, 0.25) is 0 Å². The summed E-state index contributed by atoms with van der Waals surface area (Å²) in [6.45, 7) is 5.36. The first kappa shape index (κ1) is 11.0. The molecule has 0 unspecified atom stereocenters. The predicted octanol–water partition coefficient (Wildman–Crippen LogP) is 2.37. The molecule has 0 aliphatic rings. The molecular formula is C9H12ClNO3. The molecule has 14 heavy (non-hydrogen) atoms. The average molecular weight is 218 g/mol. The number of aromatic nitrogens is 1. The largest absolute Gasteiger partial charge is 0.455 e. The number of carbonyl (C=O) groups is 1. The van der Waals surface area contributed by atoms with Crippen molar-refractivity contribution in [1.82, 2.24) is 5.16 Å². The number of hydrogen-bond donors (Lipinski definition) is 0. The molecule has 0 spiro atoms. The Labute approximate surface area is 87.2 Å². The monoisotopic (exact) mass is 217 g/mol. The zero-order valence-electron chi connectivity index (χ0n) is 8.33. The van der Waals surface area contributed by atoms with Gasteiger partial charge in [-0.25, -0.2) is 4.79 Å². The molecule has 0 radical (unpaired) electrons. The summed E-state index contributed by atoms with van der Waals surface area (Å²) in [7, 11) is 0. The van der Waals surface area contributed by atoms with Crippen LogP contribution in [0.25, 0.3) is 0 Å². The van der Waals surface area contributed by atoms with Crippen molar-refractivity contribution in [3.63, 3.8) is 0 Å². The normalized spacial score (nSPS) is 11.4. The van der Waals surface area contributed by atoms with Crippen LogP contribution in [0, 0.1) is 0 Å². The van der Waals surface area contributed by atoms with Crippen LogP contribution < -0.4 is 0 Å². The van der Waals surface area contributed by atoms with Gasteiger partial charge in [0, 0.05) is 6.07 Å². The third-order valence-electron chi connectivity index (χ3n) is 1.30. The molecule has 1 heterocycles. The lowest BCUT2D eigenvalue weighted by Gasteiger charge is -2.18. The third-order valence-corrected chi connectivity index (χ3v) is 1.56. The second-order valence-corrected chi connectivity index (χ2v) is 4.08. The summed E-state index contributed by atoms with van der Waals surface area (Å²) in [4.78, 5) is 11.4. The van der Waals surface area contributed by atoms with Crippen molar-refractivity contribution >= 4 is 17.6 Å². The van der Waals surface area contributed by atoms with E-state index in [1.165, 1.54) is 6.07 Å². The Hall–Kier alpha value is -1.03. The number of esters is 1. The molecule has 1 aromatic heterocycles. The average Bonchev–Trinajstić information content (AvgIpc) is 2.48. The Morgan fingerprint density at radius 1 is 1.64 bits per heavy atom. The van der Waals surface area contributed by atoms with Gasteiger partial charge in [0.05, 0.1) is 5.88 Å². The summed E-state index contributed by atoms with van der Waals surface area (Å²) in [5.41, 5.74) is -0.382. The molecule has 4 nitrogen and oxygen atoms in total. The molecule has 1 aromatic rings. The number of ether oxygens (including phenoxy) is 1. The zero-order valence-corrected chi connectivity index (χ0v) is 9.09. The molecule has 0 saturated carbocycles. The van der Waals surface area contributed by atoms with E-state index in [0.717, 1.165) is 0 Å². The van der Waals surface area contributed by atoms with E-state index in [2.05, 4.69) is 5.16 Å². The highest BCUT2D eigenvalue weighted by Crippen LogP contribution is 2.13. The molecule has 5 heteroatoms. The van der Waals surface area contributed by atoms with E-state index in [9.17, 15) is 4.79 Å². The van der Waals surface area contributed by atoms with E-state index in [0.29, 0.717) is 5.76 Å². The Bertz CT molecular complexity index is 327. The van der Waals surface area contributed by atoms with Crippen molar-refractivity contribution in [2.45, 2.75) is 32.3 Å². The molecule has 0 bridgehead atoms. The maximum absolute atomic E-state index is 11.4. The summed E-state index contributed by atoms with van der Waals surface area (Å²) in [6.07, 6.45) is 0. The van der Waals surface area contributed by atoms with Gasteiger partial charge in [0.25, 0.3) is 0 Å². The van der Waals surface area contributed by atoms with Crippen LogP contribution in [0.15, 0.2) is 10.6 Å². The Morgan fingerprint density at radius 3 is 2.71 bits per heavy atom. The van der Waals surface area contributed by atoms with Gasteiger partial charge in [-0.3, -0.25) is 0 Å². The van der Waals surface area contributed by atoms with Crippen LogP contribution in [-0.4, -0.2) is 16.7 Å². The van der Waals surface area contributed by atoms with Crippen molar-refractivity contribution in [1.29, 1.82) is 0 Å². The molecule has 0 aliphatic heterocycles. The number of alkyl halides is 1. The maximum Gasteiger partial charge on any atom is 0.361 e. The molecule has 0 saturated heterocycles. The van der Waals surface area contributed by atoms with E-state index >= 15 is 0 Å². The second-order valence-electron chi connectivity index (χ2n) is 3.81. The number of hydrogen-bond acceptors (Lipinski definition) is 4. The maximum atomic E-state index is 11.4. The van der Waals surface area contributed by atoms with Gasteiger partial charge in [0.2, 0.25) is 0 Å². The minimum Gasteiger partial charge on any atom is -0.455 e. The Morgan fingerprint density at radius 2 is 2.29 bits per heavy atom. The Kier molecular flexibility index (Phi) is 3.16. The second kappa shape index (κ2) is 4.00. The van der Waals surface area contributed by atoms with E-state index < -0.39 is 11.6 Å². The van der Waals surface area contributed by atoms with Gasteiger partial charge in [-0.2, -0.15) is 0 Å². The molecule has 0 fully saturated rings. The van der Waals surface area contributed by atoms with Crippen LogP contribution in [0.4, 0.5) is 0 Å². The van der Waals surface area contributed by atoms with E-state index in [4.69, 9.17) is 20.9 Å². The summed E-state index contributed by atoms with van der Waals surface area (Å²) in [5, 5.41) is 3.54. The molecule has 0 N–H and O–H groups in total. The molecule has 0 aliphatic carbocycles. The first-order chi connectivity index (χ1) is 6.42. The van der Waals surface area contributed by atoms with Crippen molar-refractivity contribution in [3.8, 4) is 0 Å². The van der Waals surface area contributed by atoms with E-state index in [1.54, 1.807) is 20.8 Å². The van der Waals surface area contributed by atoms with Crippen LogP contribution in [0.1, 0.15) is 37.0 Å². The number of rotatable bonds is 2. The van der Waals surface area contributed by atoms with Gasteiger partial charge in [-0.05, 0) is 20.8 Å². The topological polar surface area (TPSA) is 52.3 Å². The summed E-state index contributed by atoms with van der Waals surface area (Å²) >= 11 is 5.49. The summed E-state index contributed by atoms with van der Waals surface area (Å²) < 4.78 is 9.84. The quantitative estimate of drug-likeness (QED) is 0.564. The number of halogens is 1. The highest BCUT2D eigenvalue weighted by atomic mass is 35.5. The summed E-state index contributed by atoms with van der Waals surface area (Å²) in [5.74, 6) is 0.139. The minimum atomic E-state index is -0.531. The summed E-state index contributed by atoms with van der Waals surface area (Å²) in [6, 6.07) is 1.47. The van der Waals surface area contributed by atoms with Gasteiger partial charge < -0.3 is 9.26 Å². The van der Waals surface area contributed by atoms with Crippen LogP contribution >= 0.6 is 11.6 Å². The lowest BCUT2D eigenvalue weighted by molar-refractivity contribution is 0.00588. The molecule has 0 aromatic carbocycles. The van der Waals surface area contributed by atoms with Gasteiger partial charge in [0.15, 0.2) is 11.5 Å². The van der Waals surface area contributed by atoms with E-state index in [1.807, 2.05) is 0 Å². The van der Waals surface area contributed by atoms with Gasteiger partial charge in [0.1, 0.15) is 5.60 Å². The lowest BCUT2D eigenvalue weighted by atomic mass is 10.2. The van der Waals surface area contributed by atoms with Crippen molar-refractivity contribution in [2.24, 2.45) is 0 Å². The van der Waals surface area contributed by atoms with Crippen molar-refractivity contribution < 1.29 is 14.1 Å². The lowest BCUT2D eigenvalue weighted by Crippen LogP contribution is -2.24. The molecule has 78 valence electrons. The van der Waals surface area contributed by atoms with Crippen molar-refractivity contribution in [2.75, 3.05) is 0 Å². The van der Waals surface area contributed by atoms with E-state index in [-0.39, 0.29) is 11.6 Å². The SMILES string of the molecule is CC(C)(C)OC(=O)c1cc(CCl)on1. The molecule has 0 amide bonds. The number of nitrogens with zero attached hydrogens (tertiary/aromatic N) is 1. The van der Waals surface area contributed by atoms with Crippen LogP contribution in [0.5, 0.6) is 0 Å². The number of carbonyl (C=O) groups excluding carboxylic acids is 1. The Balaban J connectivity index is 2.70. The van der Waals surface area contributed by atoms with Crippen LogP contribution in [0.3, 0.4) is 0 Å². The fourth-order valence-corrected chi connectivity index (χ4v) is 0.928. The molecular weight excluding hydrogens is 206 g/mol. The smallest absolute Gasteiger partial charge is 0.361 e. The third kappa shape index (κ3) is 3.03. The zero-order chi connectivity index (χ0) is 10.8. The molecule has 1 rings (SSSR count). The van der Waals surface area contributed by atoms with Crippen molar-refractivity contribution in [3.05, 3.63) is 17.5 Å². The first-order valence-electron chi connectivity index (χ1n) is 4.17. The highest BCUT2D eigenvalue weighted by Gasteiger charge is 2.20. The van der Waals surface area contributed by atoms with Gasteiger partial charge in [-0.15, -0.1) is 11.6 Å². The van der Waals surface area contributed by atoms with Crippen LogP contribution in [-0.2, 0) is 10.6 Å². The first-order valence-corrected chi connectivity index (χ1v) is 4.71. The fraction of sp³-hybridized carbons (Fsp3) is 0.556. The molecule has 0 atom stereocenters. The highest BCUT2D eigenvalue weighted by molar-refractivity contribution is 6.16. The predicted molar refractivity (Wildman–Crippen MR) is 51.2 cm³/mol.